The Labute approximate surface area is 203 Å². The number of hydrogen-bond donors (Lipinski definition) is 0. The van der Waals surface area contributed by atoms with Gasteiger partial charge in [-0.05, 0) is 42.9 Å². The molecular formula is C28H52N2O3. The van der Waals surface area contributed by atoms with Crippen molar-refractivity contribution in [2.75, 3.05) is 13.2 Å². The number of rotatable bonds is 17. The smallest absolute Gasteiger partial charge is 0.305 e. The summed E-state index contributed by atoms with van der Waals surface area (Å²) in [5, 5.41) is 3.09. The highest BCUT2D eigenvalue weighted by Gasteiger charge is 2.41. The molecule has 0 aromatic rings. The van der Waals surface area contributed by atoms with Crippen LogP contribution in [0.25, 0.3) is 0 Å². The number of carbonyl (C=O) groups is 1. The second-order valence-electron chi connectivity index (χ2n) is 12.3. The first-order chi connectivity index (χ1) is 15.5. The molecule has 0 radical (unpaired) electrons. The van der Waals surface area contributed by atoms with E-state index in [-0.39, 0.29) is 28.3 Å². The average molecular weight is 465 g/mol. The van der Waals surface area contributed by atoms with Gasteiger partial charge in [-0.3, -0.25) is 9.79 Å². The molecule has 0 aromatic heterocycles. The third kappa shape index (κ3) is 13.9. The van der Waals surface area contributed by atoms with Crippen molar-refractivity contribution in [1.82, 2.24) is 0 Å². The number of ether oxygens (including phenoxy) is 1. The Kier molecular flexibility index (Phi) is 13.4. The van der Waals surface area contributed by atoms with Gasteiger partial charge >= 0.3 is 5.97 Å². The van der Waals surface area contributed by atoms with Gasteiger partial charge in [0, 0.05) is 18.1 Å². The summed E-state index contributed by atoms with van der Waals surface area (Å²) in [7, 11) is 0. The van der Waals surface area contributed by atoms with Crippen molar-refractivity contribution in [3.05, 3.63) is 4.91 Å². The normalized spacial score (nSPS) is 23.0. The zero-order chi connectivity index (χ0) is 24.8. The Balaban J connectivity index is 2.34. The Hall–Kier alpha value is -1.26. The van der Waals surface area contributed by atoms with Crippen LogP contribution in [0.5, 0.6) is 0 Å². The third-order valence-corrected chi connectivity index (χ3v) is 6.95. The Morgan fingerprint density at radius 3 is 2.21 bits per heavy atom. The van der Waals surface area contributed by atoms with E-state index in [0.29, 0.717) is 19.6 Å². The van der Waals surface area contributed by atoms with Crippen molar-refractivity contribution in [2.24, 2.45) is 26.4 Å². The highest BCUT2D eigenvalue weighted by Crippen LogP contribution is 2.48. The molecule has 0 N–H and O–H groups in total. The number of esters is 1. The summed E-state index contributed by atoms with van der Waals surface area (Å²) in [6.07, 6.45) is 17.7. The minimum absolute atomic E-state index is 0.0906. The summed E-state index contributed by atoms with van der Waals surface area (Å²) in [5.74, 6) is -0.0906. The van der Waals surface area contributed by atoms with Gasteiger partial charge in [-0.2, -0.15) is 4.91 Å². The molecular weight excluding hydrogens is 412 g/mol. The average Bonchev–Trinajstić information content (AvgIpc) is 2.73. The number of aliphatic imine (C=N–C) groups is 1. The van der Waals surface area contributed by atoms with Crippen molar-refractivity contribution < 1.29 is 9.53 Å². The van der Waals surface area contributed by atoms with Crippen molar-refractivity contribution in [3.63, 3.8) is 0 Å². The fourth-order valence-corrected chi connectivity index (χ4v) is 5.45. The lowest BCUT2D eigenvalue weighted by Gasteiger charge is -2.45. The zero-order valence-corrected chi connectivity index (χ0v) is 22.6. The standard InChI is InChI=1S/C28H52N2O3/c1-7-8-9-10-11-12-13-14-15-16-25(31)33-23-27(4,5)22-29-24-19-26(2,3)21-28(6,20-24)17-18-30-32/h22,24H,7-21,23H2,1-6H3. The van der Waals surface area contributed by atoms with E-state index in [0.717, 1.165) is 38.5 Å². The van der Waals surface area contributed by atoms with Gasteiger partial charge in [-0.1, -0.05) is 98.1 Å². The van der Waals surface area contributed by atoms with Gasteiger partial charge in [0.2, 0.25) is 0 Å². The van der Waals surface area contributed by atoms with Crippen LogP contribution in [0.3, 0.4) is 0 Å². The molecule has 5 heteroatoms. The van der Waals surface area contributed by atoms with Crippen LogP contribution in [-0.2, 0) is 9.53 Å². The highest BCUT2D eigenvalue weighted by molar-refractivity contribution is 5.70. The molecule has 1 aliphatic rings. The van der Waals surface area contributed by atoms with E-state index in [4.69, 9.17) is 9.73 Å². The van der Waals surface area contributed by atoms with E-state index in [1.54, 1.807) is 0 Å². The summed E-state index contributed by atoms with van der Waals surface area (Å²) in [6, 6.07) is 0.238. The summed E-state index contributed by atoms with van der Waals surface area (Å²) in [6.45, 7) is 14.0. The molecule has 0 heterocycles. The van der Waals surface area contributed by atoms with E-state index in [1.807, 2.05) is 6.21 Å². The topological polar surface area (TPSA) is 68.1 Å². The maximum absolute atomic E-state index is 12.2. The van der Waals surface area contributed by atoms with Gasteiger partial charge < -0.3 is 4.74 Å². The van der Waals surface area contributed by atoms with Crippen LogP contribution >= 0.6 is 0 Å². The van der Waals surface area contributed by atoms with E-state index < -0.39 is 0 Å². The molecule has 5 nitrogen and oxygen atoms in total. The third-order valence-electron chi connectivity index (χ3n) is 6.95. The van der Waals surface area contributed by atoms with Gasteiger partial charge in [0.05, 0.1) is 12.6 Å². The molecule has 1 fully saturated rings. The fourth-order valence-electron chi connectivity index (χ4n) is 5.45. The molecule has 2 atom stereocenters. The fraction of sp³-hybridized carbons (Fsp3) is 0.929. The van der Waals surface area contributed by atoms with Crippen LogP contribution < -0.4 is 0 Å². The summed E-state index contributed by atoms with van der Waals surface area (Å²) >= 11 is 0. The van der Waals surface area contributed by atoms with E-state index in [9.17, 15) is 9.70 Å². The molecule has 0 spiro atoms. The van der Waals surface area contributed by atoms with Crippen LogP contribution in [0.4, 0.5) is 0 Å². The Morgan fingerprint density at radius 1 is 1.00 bits per heavy atom. The summed E-state index contributed by atoms with van der Waals surface area (Å²) < 4.78 is 5.58. The first-order valence-electron chi connectivity index (χ1n) is 13.5. The number of nitroso groups, excluding NO2 is 1. The van der Waals surface area contributed by atoms with Crippen LogP contribution in [0, 0.1) is 21.2 Å². The molecule has 0 aromatic carbocycles. The Bertz CT molecular complexity index is 600. The molecule has 192 valence electrons. The lowest BCUT2D eigenvalue weighted by Crippen LogP contribution is -2.38. The van der Waals surface area contributed by atoms with Crippen LogP contribution in [0.1, 0.15) is 131 Å². The second-order valence-corrected chi connectivity index (χ2v) is 12.3. The molecule has 1 aliphatic carbocycles. The lowest BCUT2D eigenvalue weighted by molar-refractivity contribution is -0.145. The van der Waals surface area contributed by atoms with Crippen LogP contribution in [-0.4, -0.2) is 31.4 Å². The maximum atomic E-state index is 12.2. The molecule has 1 rings (SSSR count). The predicted octanol–water partition coefficient (Wildman–Crippen LogP) is 8.29. The molecule has 0 bridgehead atoms. The van der Waals surface area contributed by atoms with E-state index in [2.05, 4.69) is 46.7 Å². The van der Waals surface area contributed by atoms with E-state index in [1.165, 1.54) is 44.9 Å². The molecule has 33 heavy (non-hydrogen) atoms. The second kappa shape index (κ2) is 14.9. The van der Waals surface area contributed by atoms with Gasteiger partial charge in [0.15, 0.2) is 0 Å². The first kappa shape index (κ1) is 29.8. The van der Waals surface area contributed by atoms with E-state index >= 15 is 0 Å². The van der Waals surface area contributed by atoms with Crippen molar-refractivity contribution in [3.8, 4) is 0 Å². The monoisotopic (exact) mass is 464 g/mol. The lowest BCUT2D eigenvalue weighted by atomic mass is 9.61. The molecule has 0 amide bonds. The van der Waals surface area contributed by atoms with Gasteiger partial charge in [-0.25, -0.2) is 0 Å². The van der Waals surface area contributed by atoms with Crippen LogP contribution in [0.15, 0.2) is 10.2 Å². The van der Waals surface area contributed by atoms with Crippen molar-refractivity contribution >= 4 is 12.2 Å². The SMILES string of the molecule is CCCCCCCCCCCC(=O)OCC(C)(C)C=NC1CC(C)(C)CC(C)(CCN=O)C1. The molecule has 1 saturated carbocycles. The zero-order valence-electron chi connectivity index (χ0n) is 22.6. The van der Waals surface area contributed by atoms with Gasteiger partial charge in [-0.15, -0.1) is 0 Å². The highest BCUT2D eigenvalue weighted by atomic mass is 16.5. The van der Waals surface area contributed by atoms with Gasteiger partial charge in [0.1, 0.15) is 6.61 Å². The molecule has 0 aliphatic heterocycles. The molecule has 2 unspecified atom stereocenters. The summed E-state index contributed by atoms with van der Waals surface area (Å²) in [4.78, 5) is 27.8. The number of hydrogen-bond acceptors (Lipinski definition) is 5. The van der Waals surface area contributed by atoms with Crippen molar-refractivity contribution in [2.45, 2.75) is 137 Å². The first-order valence-corrected chi connectivity index (χ1v) is 13.5. The summed E-state index contributed by atoms with van der Waals surface area (Å²) in [5.41, 5.74) is 0.0181. The minimum Gasteiger partial charge on any atom is -0.465 e. The number of unbranched alkanes of at least 4 members (excludes halogenated alkanes) is 8. The quantitative estimate of drug-likeness (QED) is 0.0940. The minimum atomic E-state index is -0.281. The van der Waals surface area contributed by atoms with Crippen molar-refractivity contribution in [1.29, 1.82) is 0 Å². The largest absolute Gasteiger partial charge is 0.465 e. The van der Waals surface area contributed by atoms with Gasteiger partial charge in [0.25, 0.3) is 0 Å². The van der Waals surface area contributed by atoms with Crippen LogP contribution in [0.2, 0.25) is 0 Å². The number of nitrogens with zero attached hydrogens (tertiary/aromatic N) is 2. The maximum Gasteiger partial charge on any atom is 0.305 e. The molecule has 0 saturated heterocycles. The Morgan fingerprint density at radius 2 is 1.61 bits per heavy atom. The predicted molar refractivity (Wildman–Crippen MR) is 140 cm³/mol. The number of carbonyl (C=O) groups excluding carboxylic acids is 1.